The molecule has 1 N–H and O–H groups in total. The second kappa shape index (κ2) is 5.89. The molecule has 4 heteroatoms. The summed E-state index contributed by atoms with van der Waals surface area (Å²) in [6.07, 6.45) is 0. The molecule has 0 aliphatic heterocycles. The highest BCUT2D eigenvalue weighted by molar-refractivity contribution is 7.98. The largest absolute Gasteiger partial charge is 0.478 e. The van der Waals surface area contributed by atoms with Crippen LogP contribution in [0.25, 0.3) is 0 Å². The van der Waals surface area contributed by atoms with Crippen molar-refractivity contribution in [2.45, 2.75) is 17.6 Å². The van der Waals surface area contributed by atoms with Crippen LogP contribution < -0.4 is 0 Å². The molecule has 0 saturated heterocycles. The Balaban J connectivity index is 2.10. The van der Waals surface area contributed by atoms with Gasteiger partial charge in [0.1, 0.15) is 5.82 Å². The maximum absolute atomic E-state index is 13.7. The lowest BCUT2D eigenvalue weighted by molar-refractivity contribution is 0.0696. The number of aryl methyl sites for hydroxylation is 1. The molecule has 98 valence electrons. The fraction of sp³-hybridized carbons (Fsp3) is 0.133. The highest BCUT2D eigenvalue weighted by atomic mass is 32.2. The van der Waals surface area contributed by atoms with Gasteiger partial charge in [0.15, 0.2) is 0 Å². The fourth-order valence-corrected chi connectivity index (χ4v) is 2.66. The molecule has 0 aromatic heterocycles. The molecule has 0 radical (unpaired) electrons. The first kappa shape index (κ1) is 13.6. The van der Waals surface area contributed by atoms with Crippen molar-refractivity contribution in [2.24, 2.45) is 0 Å². The van der Waals surface area contributed by atoms with Crippen LogP contribution in [0.3, 0.4) is 0 Å². The lowest BCUT2D eigenvalue weighted by atomic mass is 10.1. The average Bonchev–Trinajstić information content (AvgIpc) is 2.37. The molecule has 0 fully saturated rings. The Labute approximate surface area is 115 Å². The average molecular weight is 276 g/mol. The maximum Gasteiger partial charge on any atom is 0.335 e. The maximum atomic E-state index is 13.7. The quantitative estimate of drug-likeness (QED) is 0.853. The number of halogens is 1. The molecule has 0 amide bonds. The second-order valence-electron chi connectivity index (χ2n) is 4.22. The number of thioether (sulfide) groups is 1. The third-order valence-corrected chi connectivity index (χ3v) is 3.73. The van der Waals surface area contributed by atoms with E-state index in [4.69, 9.17) is 5.11 Å². The van der Waals surface area contributed by atoms with Crippen LogP contribution in [0.1, 0.15) is 21.5 Å². The molecule has 0 heterocycles. The Kier molecular flexibility index (Phi) is 4.22. The summed E-state index contributed by atoms with van der Waals surface area (Å²) in [5, 5.41) is 8.77. The van der Waals surface area contributed by atoms with Crippen molar-refractivity contribution >= 4 is 17.7 Å². The van der Waals surface area contributed by atoms with Crippen LogP contribution in [0, 0.1) is 12.7 Å². The van der Waals surface area contributed by atoms with Gasteiger partial charge in [-0.3, -0.25) is 0 Å². The molecule has 2 nitrogen and oxygen atoms in total. The zero-order valence-electron chi connectivity index (χ0n) is 10.4. The van der Waals surface area contributed by atoms with Crippen LogP contribution in [0.4, 0.5) is 4.39 Å². The fourth-order valence-electron chi connectivity index (χ4n) is 1.66. The van der Waals surface area contributed by atoms with Gasteiger partial charge in [-0.1, -0.05) is 23.8 Å². The summed E-state index contributed by atoms with van der Waals surface area (Å²) in [4.78, 5) is 11.8. The third-order valence-electron chi connectivity index (χ3n) is 2.68. The molecule has 0 atom stereocenters. The Hall–Kier alpha value is -1.81. The molecule has 2 aromatic rings. The molecular formula is C15H13FO2S. The lowest BCUT2D eigenvalue weighted by Crippen LogP contribution is -1.98. The van der Waals surface area contributed by atoms with Crippen molar-refractivity contribution in [1.82, 2.24) is 0 Å². The van der Waals surface area contributed by atoms with Crippen LogP contribution in [-0.4, -0.2) is 11.1 Å². The Morgan fingerprint density at radius 2 is 2.05 bits per heavy atom. The van der Waals surface area contributed by atoms with E-state index in [-0.39, 0.29) is 5.56 Å². The SMILES string of the molecule is Cc1cccc(SCc2ccc(C(=O)O)cc2F)c1. The van der Waals surface area contributed by atoms with Gasteiger partial charge in [-0.2, -0.15) is 0 Å². The predicted molar refractivity (Wildman–Crippen MR) is 74.1 cm³/mol. The third kappa shape index (κ3) is 3.58. The van der Waals surface area contributed by atoms with E-state index in [1.165, 1.54) is 23.9 Å². The molecule has 0 unspecified atom stereocenters. The van der Waals surface area contributed by atoms with Gasteiger partial charge in [0, 0.05) is 10.6 Å². The molecule has 0 bridgehead atoms. The molecule has 0 aliphatic rings. The molecule has 19 heavy (non-hydrogen) atoms. The van der Waals surface area contributed by atoms with E-state index in [0.717, 1.165) is 16.5 Å². The first-order valence-electron chi connectivity index (χ1n) is 5.77. The van der Waals surface area contributed by atoms with Gasteiger partial charge in [-0.15, -0.1) is 11.8 Å². The lowest BCUT2D eigenvalue weighted by Gasteiger charge is -2.05. The summed E-state index contributed by atoms with van der Waals surface area (Å²) < 4.78 is 13.7. The van der Waals surface area contributed by atoms with Crippen LogP contribution in [-0.2, 0) is 5.75 Å². The van der Waals surface area contributed by atoms with Gasteiger partial charge in [0.25, 0.3) is 0 Å². The van der Waals surface area contributed by atoms with E-state index in [1.54, 1.807) is 0 Å². The van der Waals surface area contributed by atoms with Crippen molar-refractivity contribution in [3.8, 4) is 0 Å². The van der Waals surface area contributed by atoms with Crippen LogP contribution in [0.15, 0.2) is 47.4 Å². The minimum atomic E-state index is -1.11. The summed E-state index contributed by atoms with van der Waals surface area (Å²) in [6.45, 7) is 2.01. The first-order valence-corrected chi connectivity index (χ1v) is 6.76. The summed E-state index contributed by atoms with van der Waals surface area (Å²) in [5.74, 6) is -1.10. The van der Waals surface area contributed by atoms with E-state index >= 15 is 0 Å². The smallest absolute Gasteiger partial charge is 0.335 e. The highest BCUT2D eigenvalue weighted by Gasteiger charge is 2.08. The monoisotopic (exact) mass is 276 g/mol. The van der Waals surface area contributed by atoms with Gasteiger partial charge in [-0.05, 0) is 36.8 Å². The van der Waals surface area contributed by atoms with Gasteiger partial charge >= 0.3 is 5.97 Å². The number of carbonyl (C=O) groups is 1. The van der Waals surface area contributed by atoms with Crippen molar-refractivity contribution in [3.63, 3.8) is 0 Å². The number of carboxylic acids is 1. The Morgan fingerprint density at radius 1 is 1.26 bits per heavy atom. The normalized spacial score (nSPS) is 10.4. The predicted octanol–water partition coefficient (Wildman–Crippen LogP) is 4.12. The van der Waals surface area contributed by atoms with E-state index < -0.39 is 11.8 Å². The van der Waals surface area contributed by atoms with E-state index in [0.29, 0.717) is 11.3 Å². The van der Waals surface area contributed by atoms with Crippen molar-refractivity contribution in [2.75, 3.05) is 0 Å². The molecule has 2 rings (SSSR count). The van der Waals surface area contributed by atoms with Gasteiger partial charge in [0.05, 0.1) is 5.56 Å². The number of hydrogen-bond acceptors (Lipinski definition) is 2. The molecule has 0 aliphatic carbocycles. The first-order chi connectivity index (χ1) is 9.06. The topological polar surface area (TPSA) is 37.3 Å². The number of hydrogen-bond donors (Lipinski definition) is 1. The highest BCUT2D eigenvalue weighted by Crippen LogP contribution is 2.25. The van der Waals surface area contributed by atoms with Crippen LogP contribution >= 0.6 is 11.8 Å². The number of benzene rings is 2. The summed E-state index contributed by atoms with van der Waals surface area (Å²) in [6, 6.07) is 12.0. The number of aromatic carboxylic acids is 1. The van der Waals surface area contributed by atoms with Gasteiger partial charge in [0.2, 0.25) is 0 Å². The number of carboxylic acid groups (broad SMARTS) is 1. The van der Waals surface area contributed by atoms with Crippen molar-refractivity contribution in [1.29, 1.82) is 0 Å². The minimum absolute atomic E-state index is 0.0261. The van der Waals surface area contributed by atoms with Crippen molar-refractivity contribution < 1.29 is 14.3 Å². The van der Waals surface area contributed by atoms with Gasteiger partial charge < -0.3 is 5.11 Å². The Bertz CT molecular complexity index is 611. The summed E-state index contributed by atoms with van der Waals surface area (Å²) >= 11 is 1.53. The molecule has 2 aromatic carbocycles. The van der Waals surface area contributed by atoms with Crippen LogP contribution in [0.5, 0.6) is 0 Å². The minimum Gasteiger partial charge on any atom is -0.478 e. The summed E-state index contributed by atoms with van der Waals surface area (Å²) in [7, 11) is 0. The van der Waals surface area contributed by atoms with E-state index in [1.807, 2.05) is 31.2 Å². The molecule has 0 spiro atoms. The van der Waals surface area contributed by atoms with Crippen molar-refractivity contribution in [3.05, 3.63) is 65.0 Å². The Morgan fingerprint density at radius 3 is 2.68 bits per heavy atom. The molecular weight excluding hydrogens is 263 g/mol. The molecule has 0 saturated carbocycles. The zero-order chi connectivity index (χ0) is 13.8. The van der Waals surface area contributed by atoms with Gasteiger partial charge in [-0.25, -0.2) is 9.18 Å². The van der Waals surface area contributed by atoms with Crippen LogP contribution in [0.2, 0.25) is 0 Å². The van der Waals surface area contributed by atoms with E-state index in [2.05, 4.69) is 0 Å². The van der Waals surface area contributed by atoms with E-state index in [9.17, 15) is 9.18 Å². The number of rotatable bonds is 4. The summed E-state index contributed by atoms with van der Waals surface area (Å²) in [5.41, 5.74) is 1.64. The standard InChI is InChI=1S/C15H13FO2S/c1-10-3-2-4-13(7-10)19-9-12-6-5-11(15(17)18)8-14(12)16/h2-8H,9H2,1H3,(H,17,18). The zero-order valence-corrected chi connectivity index (χ0v) is 11.2. The second-order valence-corrected chi connectivity index (χ2v) is 5.27.